The molecule has 9 heteroatoms. The average Bonchev–Trinajstić information content (AvgIpc) is 2.91. The Balaban J connectivity index is 0.00000121. The van der Waals surface area contributed by atoms with Crippen molar-refractivity contribution in [2.45, 2.75) is 6.54 Å². The molecular weight excluding hydrogens is 327 g/mol. The molecule has 0 atom stereocenters. The average molecular weight is 345 g/mol. The van der Waals surface area contributed by atoms with E-state index in [0.29, 0.717) is 18.2 Å². The second-order valence-electron chi connectivity index (χ2n) is 4.52. The summed E-state index contributed by atoms with van der Waals surface area (Å²) in [6.07, 6.45) is 7.07. The molecule has 22 heavy (non-hydrogen) atoms. The number of ether oxygens (including phenoxy) is 1. The van der Waals surface area contributed by atoms with Gasteiger partial charge in [-0.15, -0.1) is 31.2 Å². The van der Waals surface area contributed by atoms with Crippen LogP contribution in [0, 0.1) is 12.3 Å². The minimum atomic E-state index is 0. The summed E-state index contributed by atoms with van der Waals surface area (Å²) in [5.41, 5.74) is 1.48. The van der Waals surface area contributed by atoms with E-state index in [1.54, 1.807) is 13.4 Å². The van der Waals surface area contributed by atoms with Crippen molar-refractivity contribution < 1.29 is 4.74 Å². The lowest BCUT2D eigenvalue weighted by molar-refractivity contribution is 0.381. The first-order valence-corrected chi connectivity index (χ1v) is 6.49. The first-order valence-electron chi connectivity index (χ1n) is 6.49. The normalized spacial score (nSPS) is 13.9. The van der Waals surface area contributed by atoms with Gasteiger partial charge in [0.1, 0.15) is 0 Å². The van der Waals surface area contributed by atoms with E-state index in [2.05, 4.69) is 31.1 Å². The third-order valence-corrected chi connectivity index (χ3v) is 3.29. The van der Waals surface area contributed by atoms with Crippen molar-refractivity contribution in [2.75, 3.05) is 38.2 Å². The lowest BCUT2D eigenvalue weighted by Crippen LogP contribution is -2.44. The molecule has 0 unspecified atom stereocenters. The number of hydrogen-bond acceptors (Lipinski definition) is 6. The van der Waals surface area contributed by atoms with E-state index in [9.17, 15) is 0 Å². The first kappa shape index (κ1) is 18.3. The predicted octanol–water partition coefficient (Wildman–Crippen LogP) is 0.721. The molecular formula is C13H18Cl2N6O. The molecule has 7 nitrogen and oxygen atoms in total. The number of aromatic nitrogens is 4. The van der Waals surface area contributed by atoms with Crippen molar-refractivity contribution in [1.29, 1.82) is 0 Å². The summed E-state index contributed by atoms with van der Waals surface area (Å²) < 4.78 is 7.02. The monoisotopic (exact) mass is 344 g/mol. The molecule has 1 fully saturated rings. The van der Waals surface area contributed by atoms with Crippen molar-refractivity contribution in [1.82, 2.24) is 24.8 Å². The van der Waals surface area contributed by atoms with Crippen LogP contribution in [0.5, 0.6) is 6.01 Å². The molecule has 0 radical (unpaired) electrons. The van der Waals surface area contributed by atoms with Crippen LogP contribution in [0.3, 0.4) is 0 Å². The van der Waals surface area contributed by atoms with Gasteiger partial charge in [-0.25, -0.2) is 4.98 Å². The van der Waals surface area contributed by atoms with Gasteiger partial charge in [-0.05, 0) is 0 Å². The number of halogens is 2. The fourth-order valence-electron chi connectivity index (χ4n) is 2.31. The maximum absolute atomic E-state index is 5.37. The molecule has 0 aromatic carbocycles. The Kier molecular flexibility index (Phi) is 6.68. The van der Waals surface area contributed by atoms with Gasteiger partial charge in [-0.3, -0.25) is 0 Å². The van der Waals surface area contributed by atoms with E-state index in [1.165, 1.54) is 0 Å². The van der Waals surface area contributed by atoms with E-state index < -0.39 is 0 Å². The minimum absolute atomic E-state index is 0. The minimum Gasteiger partial charge on any atom is -0.467 e. The zero-order valence-electron chi connectivity index (χ0n) is 12.2. The Bertz CT molecular complexity index is 662. The molecule has 1 aliphatic heterocycles. The predicted molar refractivity (Wildman–Crippen MR) is 90.3 cm³/mol. The number of methoxy groups -OCH3 is 1. The summed E-state index contributed by atoms with van der Waals surface area (Å²) in [6.45, 7) is 4.06. The van der Waals surface area contributed by atoms with Gasteiger partial charge in [0.2, 0.25) is 0 Å². The summed E-state index contributed by atoms with van der Waals surface area (Å²) in [7, 11) is 1.56. The third kappa shape index (κ3) is 3.35. The van der Waals surface area contributed by atoms with Gasteiger partial charge in [0, 0.05) is 26.2 Å². The smallest absolute Gasteiger partial charge is 0.320 e. The molecule has 1 N–H and O–H groups in total. The Morgan fingerprint density at radius 1 is 1.32 bits per heavy atom. The van der Waals surface area contributed by atoms with E-state index >= 15 is 0 Å². The quantitative estimate of drug-likeness (QED) is 0.827. The highest BCUT2D eigenvalue weighted by atomic mass is 35.5. The summed E-state index contributed by atoms with van der Waals surface area (Å²) in [4.78, 5) is 15.4. The van der Waals surface area contributed by atoms with Gasteiger partial charge >= 0.3 is 6.01 Å². The number of nitrogens with zero attached hydrogens (tertiary/aromatic N) is 5. The maximum atomic E-state index is 5.37. The van der Waals surface area contributed by atoms with Crippen LogP contribution in [0.1, 0.15) is 0 Å². The highest BCUT2D eigenvalue weighted by Gasteiger charge is 2.20. The van der Waals surface area contributed by atoms with E-state index in [-0.39, 0.29) is 24.8 Å². The molecule has 1 aliphatic rings. The Morgan fingerprint density at radius 3 is 2.68 bits per heavy atom. The third-order valence-electron chi connectivity index (χ3n) is 3.29. The van der Waals surface area contributed by atoms with Crippen LogP contribution in [0.4, 0.5) is 5.82 Å². The maximum Gasteiger partial charge on any atom is 0.320 e. The molecule has 1 saturated heterocycles. The van der Waals surface area contributed by atoms with Crippen molar-refractivity contribution in [3.8, 4) is 18.4 Å². The van der Waals surface area contributed by atoms with Crippen LogP contribution >= 0.6 is 24.8 Å². The summed E-state index contributed by atoms with van der Waals surface area (Å²) in [5, 5.41) is 3.32. The van der Waals surface area contributed by atoms with Crippen molar-refractivity contribution in [3.63, 3.8) is 0 Å². The number of imidazole rings is 1. The van der Waals surface area contributed by atoms with E-state index in [0.717, 1.165) is 37.5 Å². The number of fused-ring (bicyclic) bond motifs is 1. The van der Waals surface area contributed by atoms with Gasteiger partial charge in [-0.1, -0.05) is 5.92 Å². The van der Waals surface area contributed by atoms with Gasteiger partial charge in [0.25, 0.3) is 0 Å². The largest absolute Gasteiger partial charge is 0.467 e. The fraction of sp³-hybridized carbons (Fsp3) is 0.462. The molecule has 0 saturated carbocycles. The van der Waals surface area contributed by atoms with Crippen LogP contribution in [0.15, 0.2) is 6.33 Å². The number of hydrogen-bond donors (Lipinski definition) is 1. The Hall–Kier alpha value is -1.75. The first-order chi connectivity index (χ1) is 9.83. The molecule has 3 rings (SSSR count). The standard InChI is InChI=1S/C13H16N6O.2ClH/c1-3-6-19-9-15-10-11(18-7-4-14-5-8-18)16-13(20-2)17-12(10)19;;/h1,9,14H,4-8H2,2H3;2*1H. The number of anilines is 1. The van der Waals surface area contributed by atoms with Crippen molar-refractivity contribution in [2.24, 2.45) is 0 Å². The van der Waals surface area contributed by atoms with E-state index in [4.69, 9.17) is 11.2 Å². The van der Waals surface area contributed by atoms with Crippen LogP contribution in [0.2, 0.25) is 0 Å². The SMILES string of the molecule is C#CCn1cnc2c(N3CCNCC3)nc(OC)nc21.Cl.Cl. The Labute approximate surface area is 141 Å². The number of terminal acetylenes is 1. The van der Waals surface area contributed by atoms with Crippen LogP contribution in [-0.4, -0.2) is 52.8 Å². The number of nitrogens with one attached hydrogen (secondary N) is 1. The molecule has 120 valence electrons. The van der Waals surface area contributed by atoms with Crippen molar-refractivity contribution >= 4 is 41.8 Å². The molecule has 0 spiro atoms. The van der Waals surface area contributed by atoms with Crippen molar-refractivity contribution in [3.05, 3.63) is 6.33 Å². The topological polar surface area (TPSA) is 68.1 Å². The van der Waals surface area contributed by atoms with Gasteiger partial charge < -0.3 is 19.5 Å². The molecule has 0 aliphatic carbocycles. The number of rotatable bonds is 3. The van der Waals surface area contributed by atoms with Crippen LogP contribution in [0.25, 0.3) is 11.2 Å². The fourth-order valence-corrected chi connectivity index (χ4v) is 2.31. The van der Waals surface area contributed by atoms with Gasteiger partial charge in [0.05, 0.1) is 20.0 Å². The van der Waals surface area contributed by atoms with Crippen LogP contribution in [-0.2, 0) is 6.54 Å². The highest BCUT2D eigenvalue weighted by Crippen LogP contribution is 2.25. The molecule has 2 aromatic heterocycles. The Morgan fingerprint density at radius 2 is 2.05 bits per heavy atom. The zero-order chi connectivity index (χ0) is 13.9. The van der Waals surface area contributed by atoms with E-state index in [1.807, 2.05) is 4.57 Å². The van der Waals surface area contributed by atoms with Gasteiger partial charge in [-0.2, -0.15) is 9.97 Å². The highest BCUT2D eigenvalue weighted by molar-refractivity contribution is 5.86. The number of piperazine rings is 1. The van der Waals surface area contributed by atoms with Crippen LogP contribution < -0.4 is 15.0 Å². The molecule has 2 aromatic rings. The molecule has 0 amide bonds. The lowest BCUT2D eigenvalue weighted by Gasteiger charge is -2.28. The second-order valence-corrected chi connectivity index (χ2v) is 4.52. The summed E-state index contributed by atoms with van der Waals surface area (Å²) >= 11 is 0. The molecule has 3 heterocycles. The lowest BCUT2D eigenvalue weighted by atomic mass is 10.3. The second kappa shape index (κ2) is 8.03. The summed E-state index contributed by atoms with van der Waals surface area (Å²) in [6, 6.07) is 0.338. The zero-order valence-corrected chi connectivity index (χ0v) is 13.8. The molecule has 0 bridgehead atoms. The van der Waals surface area contributed by atoms with Gasteiger partial charge in [0.15, 0.2) is 17.0 Å². The summed E-state index contributed by atoms with van der Waals surface area (Å²) in [5.74, 6) is 3.41.